The van der Waals surface area contributed by atoms with Gasteiger partial charge in [-0.3, -0.25) is 23.9 Å². The van der Waals surface area contributed by atoms with Crippen LogP contribution in [-0.4, -0.2) is 94.4 Å². The van der Waals surface area contributed by atoms with Crippen molar-refractivity contribution in [2.24, 2.45) is 0 Å². The summed E-state index contributed by atoms with van der Waals surface area (Å²) in [5.74, 6) is -0.0443. The average Bonchev–Trinajstić information content (AvgIpc) is 3.89. The monoisotopic (exact) mass is 750 g/mol. The summed E-state index contributed by atoms with van der Waals surface area (Å²) in [5, 5.41) is 20.3. The molecule has 4 aromatic rings. The lowest BCUT2D eigenvalue weighted by Crippen LogP contribution is -2.58. The molecule has 0 saturated carbocycles. The first kappa shape index (κ1) is 38.9. The number of likely N-dealkylation sites (N-methyl/N-ethyl adjacent to an activating group) is 1. The lowest BCUT2D eigenvalue weighted by molar-refractivity contribution is -0.142. The number of carbonyl (C=O) groups excluding carboxylic acids is 4. The van der Waals surface area contributed by atoms with E-state index in [-0.39, 0.29) is 37.2 Å². The van der Waals surface area contributed by atoms with E-state index >= 15 is 0 Å². The zero-order valence-corrected chi connectivity index (χ0v) is 31.4. The van der Waals surface area contributed by atoms with E-state index in [0.717, 1.165) is 28.9 Å². The van der Waals surface area contributed by atoms with Gasteiger partial charge in [0.1, 0.15) is 41.9 Å². The summed E-state index contributed by atoms with van der Waals surface area (Å²) in [6, 6.07) is 21.5. The maximum atomic E-state index is 14.3. The summed E-state index contributed by atoms with van der Waals surface area (Å²) >= 11 is 0. The molecule has 290 valence electrons. The van der Waals surface area contributed by atoms with Gasteiger partial charge in [-0.15, -0.1) is 5.10 Å². The Morgan fingerprint density at radius 1 is 0.909 bits per heavy atom. The topological polar surface area (TPSA) is 169 Å². The van der Waals surface area contributed by atoms with Crippen molar-refractivity contribution in [3.05, 3.63) is 107 Å². The quantitative estimate of drug-likeness (QED) is 0.239. The van der Waals surface area contributed by atoms with E-state index in [9.17, 15) is 19.2 Å². The van der Waals surface area contributed by atoms with E-state index in [1.165, 1.54) is 4.90 Å². The lowest BCUT2D eigenvalue weighted by atomic mass is 10.0. The first-order chi connectivity index (χ1) is 26.7. The fourth-order valence-electron chi connectivity index (χ4n) is 6.71. The van der Waals surface area contributed by atoms with E-state index in [2.05, 4.69) is 31.6 Å². The van der Waals surface area contributed by atoms with Crippen LogP contribution in [0.15, 0.2) is 85.1 Å². The minimum absolute atomic E-state index is 0.200. The number of aryl methyl sites for hydroxylation is 1. The summed E-state index contributed by atoms with van der Waals surface area (Å²) < 4.78 is 13.7. The molecule has 1 aromatic heterocycles. The Bertz CT molecular complexity index is 1880. The predicted octanol–water partition coefficient (Wildman–Crippen LogP) is 2.35. The number of ether oxygens (including phenoxy) is 2. The van der Waals surface area contributed by atoms with E-state index in [4.69, 9.17) is 9.47 Å². The number of rotatable bonds is 5. The molecule has 1 fully saturated rings. The van der Waals surface area contributed by atoms with Crippen LogP contribution in [0.1, 0.15) is 48.6 Å². The molecule has 14 nitrogen and oxygen atoms in total. The lowest BCUT2D eigenvalue weighted by Gasteiger charge is -2.30. The van der Waals surface area contributed by atoms with Crippen molar-refractivity contribution in [3.8, 4) is 11.5 Å². The number of carbonyl (C=O) groups is 4. The molecule has 4 atom stereocenters. The molecule has 4 N–H and O–H groups in total. The number of amides is 4. The highest BCUT2D eigenvalue weighted by molar-refractivity contribution is 5.95. The smallest absolute Gasteiger partial charge is 0.246 e. The summed E-state index contributed by atoms with van der Waals surface area (Å²) in [4.78, 5) is 56.6. The van der Waals surface area contributed by atoms with Gasteiger partial charge in [-0.1, -0.05) is 59.8 Å². The van der Waals surface area contributed by atoms with Crippen LogP contribution in [0.4, 0.5) is 0 Å². The van der Waals surface area contributed by atoms with Crippen molar-refractivity contribution in [2.45, 2.75) is 82.8 Å². The molecular weight excluding hydrogens is 701 g/mol. The van der Waals surface area contributed by atoms with Crippen LogP contribution < -0.4 is 30.7 Å². The number of hydrogen-bond acceptors (Lipinski definition) is 9. The highest BCUT2D eigenvalue weighted by atomic mass is 16.5. The first-order valence-corrected chi connectivity index (χ1v) is 19.0. The Morgan fingerprint density at radius 3 is 2.38 bits per heavy atom. The van der Waals surface area contributed by atoms with Crippen molar-refractivity contribution in [1.29, 1.82) is 0 Å². The summed E-state index contributed by atoms with van der Waals surface area (Å²) in [6.07, 6.45) is 4.69. The number of benzene rings is 3. The van der Waals surface area contributed by atoms with Gasteiger partial charge >= 0.3 is 0 Å². The van der Waals surface area contributed by atoms with E-state index in [1.807, 2.05) is 85.1 Å². The van der Waals surface area contributed by atoms with Gasteiger partial charge in [-0.2, -0.15) is 0 Å². The van der Waals surface area contributed by atoms with Crippen LogP contribution in [0, 0.1) is 0 Å². The van der Waals surface area contributed by atoms with Crippen molar-refractivity contribution in [2.75, 3.05) is 26.7 Å². The third-order valence-corrected chi connectivity index (χ3v) is 9.97. The fourth-order valence-corrected chi connectivity index (χ4v) is 6.71. The Hall–Kier alpha value is -5.76. The van der Waals surface area contributed by atoms with Crippen LogP contribution in [0.2, 0.25) is 0 Å². The highest BCUT2D eigenvalue weighted by Gasteiger charge is 2.39. The Balaban J connectivity index is 1.23. The number of nitrogens with zero attached hydrogens (tertiary/aromatic N) is 4. The van der Waals surface area contributed by atoms with Crippen LogP contribution in [0.25, 0.3) is 0 Å². The molecule has 4 amide bonds. The number of nitrogens with one attached hydrogen (secondary N) is 4. The molecule has 0 radical (unpaired) electrons. The molecular formula is C41H50N8O6. The molecule has 55 heavy (non-hydrogen) atoms. The minimum atomic E-state index is -0.933. The Kier molecular flexibility index (Phi) is 13.5. The van der Waals surface area contributed by atoms with Gasteiger partial charge in [0, 0.05) is 38.9 Å². The molecule has 5 aliphatic rings. The molecule has 3 aromatic carbocycles. The van der Waals surface area contributed by atoms with Crippen molar-refractivity contribution in [1.82, 2.24) is 41.2 Å². The third kappa shape index (κ3) is 10.9. The number of aromatic nitrogens is 3. The van der Waals surface area contributed by atoms with Gasteiger partial charge in [0.05, 0.1) is 18.8 Å². The summed E-state index contributed by atoms with van der Waals surface area (Å²) in [6.45, 7) is 3.80. The first-order valence-electron chi connectivity index (χ1n) is 19.0. The van der Waals surface area contributed by atoms with Crippen LogP contribution in [-0.2, 0) is 51.6 Å². The second kappa shape index (κ2) is 19.0. The van der Waals surface area contributed by atoms with E-state index in [0.29, 0.717) is 56.9 Å². The average molecular weight is 751 g/mol. The Morgan fingerprint density at radius 2 is 1.64 bits per heavy atom. The van der Waals surface area contributed by atoms with Crippen LogP contribution >= 0.6 is 0 Å². The van der Waals surface area contributed by atoms with Gasteiger partial charge in [0.25, 0.3) is 0 Å². The van der Waals surface area contributed by atoms with Crippen molar-refractivity contribution in [3.63, 3.8) is 0 Å². The van der Waals surface area contributed by atoms with Crippen molar-refractivity contribution >= 4 is 23.6 Å². The second-order valence-corrected chi connectivity index (χ2v) is 14.0. The molecule has 1 saturated heterocycles. The maximum absolute atomic E-state index is 14.3. The molecule has 0 unspecified atom stereocenters. The fraction of sp³-hybridized carbons (Fsp3) is 0.415. The van der Waals surface area contributed by atoms with Gasteiger partial charge in [-0.25, -0.2) is 0 Å². The molecule has 6 heterocycles. The summed E-state index contributed by atoms with van der Waals surface area (Å²) in [5.41, 5.74) is 3.40. The molecule has 9 rings (SSSR count). The van der Waals surface area contributed by atoms with Crippen molar-refractivity contribution < 1.29 is 28.7 Å². The minimum Gasteiger partial charge on any atom is -0.494 e. The third-order valence-electron chi connectivity index (χ3n) is 9.97. The standard InChI is InChI=1S/C41H50N8O6/c1-28(42-2)38(50)45-36-25-31-13-17-34(18-14-31)55-27-32-26-48(47-46-32)21-7-23-54-33-15-11-29(12-16-33)19-20-43-39(51)35(24-30-8-4-3-5-9-30)44-40(52)37-10-6-22-49(37)41(36)53/h3-5,8-9,11-18,26,28,35-37,42H,6-7,10,19-25,27H2,1-2H3,(H,43,51)(H,44,52)(H,45,50)/t28-,35+,36+,37+/m1/s1. The molecule has 5 aliphatic heterocycles. The molecule has 0 aliphatic carbocycles. The zero-order chi connectivity index (χ0) is 38.6. The largest absolute Gasteiger partial charge is 0.494 e. The SMILES string of the molecule is CN[C@H](C)C(=O)N[C@H]1Cc2ccc(cc2)OCc2cn(nn2)CCCOc2ccc(cc2)CCNC(=O)[C@H](Cc2ccccc2)NC(=O)[C@@H]2CCCN2C1=O. The number of hydrogen-bond donors (Lipinski definition) is 4. The van der Waals surface area contributed by atoms with E-state index in [1.54, 1.807) is 18.7 Å². The van der Waals surface area contributed by atoms with Crippen LogP contribution in [0.5, 0.6) is 11.5 Å². The highest BCUT2D eigenvalue weighted by Crippen LogP contribution is 2.22. The predicted molar refractivity (Wildman–Crippen MR) is 205 cm³/mol. The molecule has 6 bridgehead atoms. The molecule has 0 spiro atoms. The van der Waals surface area contributed by atoms with Crippen LogP contribution in [0.3, 0.4) is 0 Å². The molecule has 14 heteroatoms. The normalized spacial score (nSPS) is 20.8. The van der Waals surface area contributed by atoms with Gasteiger partial charge in [0.15, 0.2) is 0 Å². The summed E-state index contributed by atoms with van der Waals surface area (Å²) in [7, 11) is 1.67. The van der Waals surface area contributed by atoms with Gasteiger partial charge in [0.2, 0.25) is 23.6 Å². The maximum Gasteiger partial charge on any atom is 0.246 e. The Labute approximate surface area is 321 Å². The van der Waals surface area contributed by atoms with Gasteiger partial charge in [-0.05, 0) is 74.2 Å². The zero-order valence-electron chi connectivity index (χ0n) is 31.4. The second-order valence-electron chi connectivity index (χ2n) is 14.0. The van der Waals surface area contributed by atoms with E-state index < -0.39 is 30.1 Å². The van der Waals surface area contributed by atoms with Gasteiger partial charge < -0.3 is 35.6 Å².